The van der Waals surface area contributed by atoms with Crippen LogP contribution in [0.3, 0.4) is 0 Å². The monoisotopic (exact) mass is 270 g/mol. The summed E-state index contributed by atoms with van der Waals surface area (Å²) in [6.45, 7) is 4.03. The summed E-state index contributed by atoms with van der Waals surface area (Å²) in [5.41, 5.74) is 0. The van der Waals surface area contributed by atoms with Crippen LogP contribution in [-0.4, -0.2) is 35.6 Å². The van der Waals surface area contributed by atoms with Crippen LogP contribution in [0.1, 0.15) is 52.4 Å². The van der Waals surface area contributed by atoms with Crippen LogP contribution in [0.5, 0.6) is 0 Å². The van der Waals surface area contributed by atoms with E-state index in [1.807, 2.05) is 13.8 Å². The van der Waals surface area contributed by atoms with E-state index in [9.17, 15) is 9.59 Å². The number of rotatable bonds is 7. The highest BCUT2D eigenvalue weighted by atomic mass is 16.4. The maximum Gasteiger partial charge on any atom is 0.320 e. The van der Waals surface area contributed by atoms with Gasteiger partial charge in [-0.05, 0) is 25.2 Å². The van der Waals surface area contributed by atoms with Gasteiger partial charge in [-0.2, -0.15) is 0 Å². The van der Waals surface area contributed by atoms with Gasteiger partial charge in [-0.3, -0.25) is 14.9 Å². The lowest BCUT2D eigenvalue weighted by Gasteiger charge is -2.23. The summed E-state index contributed by atoms with van der Waals surface area (Å²) < 4.78 is 0. The summed E-state index contributed by atoms with van der Waals surface area (Å²) in [5, 5.41) is 14.9. The number of hydrogen-bond acceptors (Lipinski definition) is 3. The molecule has 0 unspecified atom stereocenters. The van der Waals surface area contributed by atoms with E-state index in [0.717, 1.165) is 12.8 Å². The molecule has 1 saturated carbocycles. The molecule has 1 aliphatic carbocycles. The first-order chi connectivity index (χ1) is 8.99. The van der Waals surface area contributed by atoms with E-state index in [2.05, 4.69) is 10.6 Å². The zero-order chi connectivity index (χ0) is 14.3. The van der Waals surface area contributed by atoms with E-state index in [1.165, 1.54) is 19.3 Å². The van der Waals surface area contributed by atoms with Crippen molar-refractivity contribution in [2.75, 3.05) is 6.54 Å². The number of hydrogen-bond donors (Lipinski definition) is 3. The molecule has 0 heterocycles. The predicted molar refractivity (Wildman–Crippen MR) is 73.9 cm³/mol. The number of amides is 1. The first-order valence-corrected chi connectivity index (χ1v) is 7.24. The van der Waals surface area contributed by atoms with Gasteiger partial charge in [0.25, 0.3) is 0 Å². The Balaban J connectivity index is 2.28. The van der Waals surface area contributed by atoms with Gasteiger partial charge in [0.1, 0.15) is 6.04 Å². The molecule has 0 spiro atoms. The number of carboxylic acid groups (broad SMARTS) is 1. The molecule has 5 nitrogen and oxygen atoms in total. The van der Waals surface area contributed by atoms with Crippen LogP contribution in [0.4, 0.5) is 0 Å². The second-order valence-corrected chi connectivity index (χ2v) is 5.80. The van der Waals surface area contributed by atoms with Gasteiger partial charge in [-0.1, -0.05) is 33.1 Å². The standard InChI is InChI=1S/C14H26N2O3/c1-10(2)8-12(14(18)19)15-9-13(17)16-11-6-4-3-5-7-11/h10-12,15H,3-9H2,1-2H3,(H,16,17)(H,18,19)/t12-/m0/s1. The third kappa shape index (κ3) is 6.57. The SMILES string of the molecule is CC(C)C[C@H](NCC(=O)NC1CCCCC1)C(=O)O. The van der Waals surface area contributed by atoms with E-state index in [0.29, 0.717) is 6.42 Å². The first kappa shape index (κ1) is 16.0. The highest BCUT2D eigenvalue weighted by molar-refractivity contribution is 5.80. The molecule has 1 atom stereocenters. The Hall–Kier alpha value is -1.10. The fourth-order valence-corrected chi connectivity index (χ4v) is 2.48. The van der Waals surface area contributed by atoms with Gasteiger partial charge < -0.3 is 10.4 Å². The molecule has 0 aromatic carbocycles. The van der Waals surface area contributed by atoms with Crippen LogP contribution < -0.4 is 10.6 Å². The second kappa shape index (κ2) is 8.15. The smallest absolute Gasteiger partial charge is 0.320 e. The van der Waals surface area contributed by atoms with Gasteiger partial charge in [0.05, 0.1) is 6.54 Å². The van der Waals surface area contributed by atoms with Gasteiger partial charge in [0, 0.05) is 6.04 Å². The largest absolute Gasteiger partial charge is 0.480 e. The van der Waals surface area contributed by atoms with Crippen molar-refractivity contribution in [3.63, 3.8) is 0 Å². The molecule has 110 valence electrons. The number of carboxylic acids is 1. The van der Waals surface area contributed by atoms with E-state index in [4.69, 9.17) is 5.11 Å². The molecule has 0 aliphatic heterocycles. The van der Waals surface area contributed by atoms with Gasteiger partial charge in [0.2, 0.25) is 5.91 Å². The van der Waals surface area contributed by atoms with Crippen LogP contribution in [0.25, 0.3) is 0 Å². The summed E-state index contributed by atoms with van der Waals surface area (Å²) in [6.07, 6.45) is 6.21. The Morgan fingerprint density at radius 3 is 2.37 bits per heavy atom. The normalized spacial score (nSPS) is 18.3. The fourth-order valence-electron chi connectivity index (χ4n) is 2.48. The zero-order valence-electron chi connectivity index (χ0n) is 11.9. The van der Waals surface area contributed by atoms with Gasteiger partial charge in [0.15, 0.2) is 0 Å². The summed E-state index contributed by atoms with van der Waals surface area (Å²) in [6, 6.07) is -0.367. The number of nitrogens with one attached hydrogen (secondary N) is 2. The first-order valence-electron chi connectivity index (χ1n) is 7.24. The van der Waals surface area contributed by atoms with Crippen LogP contribution in [0.15, 0.2) is 0 Å². The Bertz CT molecular complexity index is 299. The van der Waals surface area contributed by atoms with Crippen LogP contribution in [0, 0.1) is 5.92 Å². The minimum Gasteiger partial charge on any atom is -0.480 e. The third-order valence-corrected chi connectivity index (χ3v) is 3.48. The summed E-state index contributed by atoms with van der Waals surface area (Å²) in [4.78, 5) is 22.8. The molecule has 1 aliphatic rings. The summed E-state index contributed by atoms with van der Waals surface area (Å²) in [5.74, 6) is -0.698. The lowest BCUT2D eigenvalue weighted by atomic mass is 9.95. The summed E-state index contributed by atoms with van der Waals surface area (Å²) in [7, 11) is 0. The van der Waals surface area contributed by atoms with Crippen LogP contribution >= 0.6 is 0 Å². The molecule has 1 fully saturated rings. The molecule has 0 aromatic heterocycles. The maximum absolute atomic E-state index is 11.8. The molecule has 0 radical (unpaired) electrons. The Kier molecular flexibility index (Phi) is 6.84. The lowest BCUT2D eigenvalue weighted by molar-refractivity contribution is -0.140. The molecule has 0 bridgehead atoms. The van der Waals surface area contributed by atoms with Crippen molar-refractivity contribution in [1.82, 2.24) is 10.6 Å². The van der Waals surface area contributed by atoms with Crippen molar-refractivity contribution in [2.45, 2.75) is 64.5 Å². The molecule has 5 heteroatoms. The Morgan fingerprint density at radius 2 is 1.84 bits per heavy atom. The quantitative estimate of drug-likeness (QED) is 0.655. The van der Waals surface area contributed by atoms with Crippen molar-refractivity contribution < 1.29 is 14.7 Å². The second-order valence-electron chi connectivity index (χ2n) is 5.80. The third-order valence-electron chi connectivity index (χ3n) is 3.48. The number of aliphatic carboxylic acids is 1. The molecule has 19 heavy (non-hydrogen) atoms. The van der Waals surface area contributed by atoms with Crippen LogP contribution in [0.2, 0.25) is 0 Å². The van der Waals surface area contributed by atoms with E-state index in [-0.39, 0.29) is 24.4 Å². The summed E-state index contributed by atoms with van der Waals surface area (Å²) >= 11 is 0. The molecule has 0 aromatic rings. The van der Waals surface area contributed by atoms with Crippen molar-refractivity contribution in [3.8, 4) is 0 Å². The van der Waals surface area contributed by atoms with Crippen molar-refractivity contribution in [3.05, 3.63) is 0 Å². The zero-order valence-corrected chi connectivity index (χ0v) is 11.9. The van der Waals surface area contributed by atoms with E-state index >= 15 is 0 Å². The molecule has 0 saturated heterocycles. The topological polar surface area (TPSA) is 78.4 Å². The molecular formula is C14H26N2O3. The van der Waals surface area contributed by atoms with E-state index in [1.54, 1.807) is 0 Å². The fraction of sp³-hybridized carbons (Fsp3) is 0.857. The Morgan fingerprint density at radius 1 is 1.21 bits per heavy atom. The average molecular weight is 270 g/mol. The van der Waals surface area contributed by atoms with Crippen molar-refractivity contribution in [2.24, 2.45) is 5.92 Å². The van der Waals surface area contributed by atoms with Crippen molar-refractivity contribution in [1.29, 1.82) is 0 Å². The number of carbonyl (C=O) groups excluding carboxylic acids is 1. The number of carbonyl (C=O) groups is 2. The minimum atomic E-state index is -0.890. The highest BCUT2D eigenvalue weighted by Gasteiger charge is 2.20. The van der Waals surface area contributed by atoms with Gasteiger partial charge in [-0.15, -0.1) is 0 Å². The van der Waals surface area contributed by atoms with Gasteiger partial charge >= 0.3 is 5.97 Å². The van der Waals surface area contributed by atoms with Crippen LogP contribution in [-0.2, 0) is 9.59 Å². The van der Waals surface area contributed by atoms with Crippen molar-refractivity contribution >= 4 is 11.9 Å². The molecule has 3 N–H and O–H groups in total. The molecule has 1 rings (SSSR count). The molecular weight excluding hydrogens is 244 g/mol. The minimum absolute atomic E-state index is 0.0835. The molecule has 1 amide bonds. The maximum atomic E-state index is 11.8. The Labute approximate surface area is 115 Å². The average Bonchev–Trinajstić information content (AvgIpc) is 2.35. The van der Waals surface area contributed by atoms with E-state index < -0.39 is 12.0 Å². The highest BCUT2D eigenvalue weighted by Crippen LogP contribution is 2.17. The van der Waals surface area contributed by atoms with Gasteiger partial charge in [-0.25, -0.2) is 0 Å². The predicted octanol–water partition coefficient (Wildman–Crippen LogP) is 1.52. The lowest BCUT2D eigenvalue weighted by Crippen LogP contribution is -2.46.